The Hall–Kier alpha value is -2.55. The van der Waals surface area contributed by atoms with Crippen molar-refractivity contribution in [2.24, 2.45) is 0 Å². The molecule has 8 heteroatoms. The molecule has 1 saturated heterocycles. The van der Waals surface area contributed by atoms with Gasteiger partial charge >= 0.3 is 0 Å². The van der Waals surface area contributed by atoms with E-state index in [1.807, 2.05) is 60.7 Å². The van der Waals surface area contributed by atoms with Crippen molar-refractivity contribution in [3.8, 4) is 11.5 Å². The zero-order valence-corrected chi connectivity index (χ0v) is 21.6. The molecular weight excluding hydrogens is 570 g/mol. The number of imide groups is 1. The third-order valence-electron chi connectivity index (χ3n) is 4.90. The fourth-order valence-corrected chi connectivity index (χ4v) is 4.93. The lowest BCUT2D eigenvalue weighted by atomic mass is 10.1. The largest absolute Gasteiger partial charge is 0.493 e. The predicted octanol–water partition coefficient (Wildman–Crippen LogP) is 7.04. The summed E-state index contributed by atoms with van der Waals surface area (Å²) in [5.41, 5.74) is 2.64. The molecule has 33 heavy (non-hydrogen) atoms. The van der Waals surface area contributed by atoms with Gasteiger partial charge in [0.25, 0.3) is 11.1 Å². The van der Waals surface area contributed by atoms with E-state index in [9.17, 15) is 9.59 Å². The Morgan fingerprint density at radius 3 is 2.39 bits per heavy atom. The lowest BCUT2D eigenvalue weighted by molar-refractivity contribution is -0.123. The van der Waals surface area contributed by atoms with Crippen LogP contribution in [0.25, 0.3) is 6.08 Å². The van der Waals surface area contributed by atoms with Crippen LogP contribution in [0, 0.1) is 0 Å². The Kier molecular flexibility index (Phi) is 7.57. The molecule has 0 unspecified atom stereocenters. The summed E-state index contributed by atoms with van der Waals surface area (Å²) in [7, 11) is 1.56. The highest BCUT2D eigenvalue weighted by Crippen LogP contribution is 2.39. The van der Waals surface area contributed by atoms with Gasteiger partial charge in [0.05, 0.1) is 23.0 Å². The summed E-state index contributed by atoms with van der Waals surface area (Å²) >= 11 is 7.91. The first-order chi connectivity index (χ1) is 15.9. The van der Waals surface area contributed by atoms with Gasteiger partial charge in [0, 0.05) is 4.47 Å². The average Bonchev–Trinajstić information content (AvgIpc) is 3.07. The second-order valence-corrected chi connectivity index (χ2v) is 9.97. The molecule has 1 aliphatic heterocycles. The van der Waals surface area contributed by atoms with Gasteiger partial charge in [-0.2, -0.15) is 0 Å². The van der Waals surface area contributed by atoms with Crippen molar-refractivity contribution in [1.82, 2.24) is 4.90 Å². The van der Waals surface area contributed by atoms with Crippen LogP contribution >= 0.6 is 43.6 Å². The molecule has 5 nitrogen and oxygen atoms in total. The topological polar surface area (TPSA) is 55.8 Å². The maximum Gasteiger partial charge on any atom is 0.293 e. The molecule has 3 aromatic carbocycles. The van der Waals surface area contributed by atoms with E-state index in [1.54, 1.807) is 19.3 Å². The summed E-state index contributed by atoms with van der Waals surface area (Å²) in [4.78, 5) is 26.9. The summed E-state index contributed by atoms with van der Waals surface area (Å²) < 4.78 is 13.2. The first kappa shape index (κ1) is 23.6. The van der Waals surface area contributed by atoms with Gasteiger partial charge in [-0.15, -0.1) is 0 Å². The van der Waals surface area contributed by atoms with Crippen molar-refractivity contribution in [2.45, 2.75) is 13.2 Å². The molecule has 1 aliphatic rings. The van der Waals surface area contributed by atoms with Gasteiger partial charge < -0.3 is 9.47 Å². The Balaban J connectivity index is 1.53. The number of carbonyl (C=O) groups excluding carboxylic acids is 2. The number of methoxy groups -OCH3 is 1. The molecule has 0 aliphatic carbocycles. The van der Waals surface area contributed by atoms with Crippen LogP contribution in [-0.2, 0) is 17.9 Å². The quantitative estimate of drug-likeness (QED) is 0.277. The summed E-state index contributed by atoms with van der Waals surface area (Å²) in [5.74, 6) is 0.783. The second-order valence-electron chi connectivity index (χ2n) is 7.20. The zero-order valence-electron chi connectivity index (χ0n) is 17.6. The summed E-state index contributed by atoms with van der Waals surface area (Å²) in [6.07, 6.45) is 1.70. The summed E-state index contributed by atoms with van der Waals surface area (Å²) in [5, 5.41) is -0.282. The molecule has 168 valence electrons. The van der Waals surface area contributed by atoms with Gasteiger partial charge in [0.2, 0.25) is 0 Å². The van der Waals surface area contributed by atoms with E-state index in [4.69, 9.17) is 9.47 Å². The molecule has 0 aromatic heterocycles. The monoisotopic (exact) mass is 587 g/mol. The molecule has 1 heterocycles. The first-order valence-corrected chi connectivity index (χ1v) is 12.4. The molecule has 2 amide bonds. The van der Waals surface area contributed by atoms with Crippen LogP contribution < -0.4 is 9.47 Å². The maximum absolute atomic E-state index is 12.9. The molecule has 0 radical (unpaired) electrons. The number of carbonyl (C=O) groups is 2. The Morgan fingerprint density at radius 2 is 1.70 bits per heavy atom. The molecular formula is C25H19Br2NO4S. The minimum atomic E-state index is -0.306. The van der Waals surface area contributed by atoms with Gasteiger partial charge in [-0.05, 0) is 74.7 Å². The molecule has 4 rings (SSSR count). The smallest absolute Gasteiger partial charge is 0.293 e. The number of benzene rings is 3. The van der Waals surface area contributed by atoms with Crippen LogP contribution in [0.15, 0.2) is 80.6 Å². The molecule has 0 N–H and O–H groups in total. The van der Waals surface area contributed by atoms with Gasteiger partial charge in [0.1, 0.15) is 6.61 Å². The van der Waals surface area contributed by atoms with E-state index in [2.05, 4.69) is 31.9 Å². The highest BCUT2D eigenvalue weighted by molar-refractivity contribution is 9.10. The van der Waals surface area contributed by atoms with Crippen LogP contribution in [0.1, 0.15) is 16.7 Å². The lowest BCUT2D eigenvalue weighted by Gasteiger charge is -2.14. The molecule has 0 saturated carbocycles. The number of nitrogens with zero attached hydrogens (tertiary/aromatic N) is 1. The Bertz CT molecular complexity index is 1210. The van der Waals surface area contributed by atoms with Crippen molar-refractivity contribution in [3.05, 3.63) is 97.3 Å². The molecule has 0 spiro atoms. The second kappa shape index (κ2) is 10.6. The maximum atomic E-state index is 12.9. The van der Waals surface area contributed by atoms with Crippen molar-refractivity contribution >= 4 is 60.8 Å². The van der Waals surface area contributed by atoms with Crippen molar-refractivity contribution in [1.29, 1.82) is 0 Å². The number of hydrogen-bond acceptors (Lipinski definition) is 5. The first-order valence-electron chi connectivity index (χ1n) is 9.98. The normalized spacial score (nSPS) is 14.8. The van der Waals surface area contributed by atoms with Crippen LogP contribution in [-0.4, -0.2) is 23.2 Å². The van der Waals surface area contributed by atoms with Crippen LogP contribution in [0.3, 0.4) is 0 Å². The number of hydrogen-bond donors (Lipinski definition) is 0. The van der Waals surface area contributed by atoms with Crippen LogP contribution in [0.5, 0.6) is 11.5 Å². The van der Waals surface area contributed by atoms with E-state index < -0.39 is 0 Å². The number of rotatable bonds is 7. The predicted molar refractivity (Wildman–Crippen MR) is 137 cm³/mol. The van der Waals surface area contributed by atoms with E-state index in [0.717, 1.165) is 32.9 Å². The van der Waals surface area contributed by atoms with E-state index in [1.165, 1.54) is 4.90 Å². The number of amides is 2. The third kappa shape index (κ3) is 5.69. The number of thioether (sulfide) groups is 1. The standard InChI is InChI=1S/C25H19Br2NO4S/c1-31-21-12-18(11-20(27)23(21)32-15-17-7-9-19(26)10-8-17)13-22-24(29)28(25(30)33-22)14-16-5-3-2-4-6-16/h2-13H,14-15H2,1H3/b22-13-. The lowest BCUT2D eigenvalue weighted by Crippen LogP contribution is -2.27. The molecule has 0 bridgehead atoms. The number of ether oxygens (including phenoxy) is 2. The minimum Gasteiger partial charge on any atom is -0.493 e. The summed E-state index contributed by atoms with van der Waals surface area (Å²) in [6, 6.07) is 20.9. The van der Waals surface area contributed by atoms with E-state index in [0.29, 0.717) is 27.5 Å². The zero-order chi connectivity index (χ0) is 23.4. The fraction of sp³-hybridized carbons (Fsp3) is 0.120. The molecule has 0 atom stereocenters. The highest BCUT2D eigenvalue weighted by Gasteiger charge is 2.35. The van der Waals surface area contributed by atoms with Crippen molar-refractivity contribution < 1.29 is 19.1 Å². The molecule has 1 fully saturated rings. The van der Waals surface area contributed by atoms with E-state index >= 15 is 0 Å². The third-order valence-corrected chi connectivity index (χ3v) is 6.93. The average molecular weight is 589 g/mol. The highest BCUT2D eigenvalue weighted by atomic mass is 79.9. The van der Waals surface area contributed by atoms with Gasteiger partial charge in [-0.3, -0.25) is 14.5 Å². The van der Waals surface area contributed by atoms with Gasteiger partial charge in [0.15, 0.2) is 11.5 Å². The van der Waals surface area contributed by atoms with Crippen molar-refractivity contribution in [2.75, 3.05) is 7.11 Å². The van der Waals surface area contributed by atoms with Gasteiger partial charge in [-0.25, -0.2) is 0 Å². The summed E-state index contributed by atoms with van der Waals surface area (Å²) in [6.45, 7) is 0.624. The minimum absolute atomic E-state index is 0.249. The van der Waals surface area contributed by atoms with Gasteiger partial charge in [-0.1, -0.05) is 58.4 Å². The molecule has 3 aromatic rings. The SMILES string of the molecule is COc1cc(/C=C2\SC(=O)N(Cc3ccccc3)C2=O)cc(Br)c1OCc1ccc(Br)cc1. The Labute approximate surface area is 213 Å². The van der Waals surface area contributed by atoms with Crippen LogP contribution in [0.4, 0.5) is 4.79 Å². The van der Waals surface area contributed by atoms with Crippen LogP contribution in [0.2, 0.25) is 0 Å². The van der Waals surface area contributed by atoms with E-state index in [-0.39, 0.29) is 17.7 Å². The fourth-order valence-electron chi connectivity index (χ4n) is 3.25. The Morgan fingerprint density at radius 1 is 0.970 bits per heavy atom. The number of halogens is 2. The van der Waals surface area contributed by atoms with Crippen molar-refractivity contribution in [3.63, 3.8) is 0 Å².